The van der Waals surface area contributed by atoms with Crippen LogP contribution < -0.4 is 11.1 Å². The minimum Gasteiger partial charge on any atom is -0.379 e. The van der Waals surface area contributed by atoms with Gasteiger partial charge in [-0.05, 0) is 13.3 Å². The first-order chi connectivity index (χ1) is 8.90. The lowest BCUT2D eigenvalue weighted by Crippen LogP contribution is -2.63. The van der Waals surface area contributed by atoms with E-state index in [1.165, 1.54) is 4.90 Å². The molecule has 7 heteroatoms. The molecule has 0 aliphatic carbocycles. The van der Waals surface area contributed by atoms with Gasteiger partial charge in [-0.15, -0.1) is 0 Å². The van der Waals surface area contributed by atoms with E-state index in [9.17, 15) is 14.4 Å². The minimum absolute atomic E-state index is 0.106. The molecule has 2 rings (SSSR count). The van der Waals surface area contributed by atoms with Crippen LogP contribution >= 0.6 is 0 Å². The Kier molecular flexibility index (Phi) is 3.60. The smallest absolute Gasteiger partial charge is 0.249 e. The van der Waals surface area contributed by atoms with E-state index in [2.05, 4.69) is 5.32 Å². The van der Waals surface area contributed by atoms with Crippen LogP contribution in [0.3, 0.4) is 0 Å². The van der Waals surface area contributed by atoms with Gasteiger partial charge in [0.15, 0.2) is 0 Å². The third-order valence-corrected chi connectivity index (χ3v) is 3.91. The topological polar surface area (TPSA) is 102 Å². The summed E-state index contributed by atoms with van der Waals surface area (Å²) in [4.78, 5) is 37.2. The van der Waals surface area contributed by atoms with Crippen LogP contribution in [0.5, 0.6) is 0 Å². The molecule has 106 valence electrons. The zero-order valence-corrected chi connectivity index (χ0v) is 11.1. The summed E-state index contributed by atoms with van der Waals surface area (Å²) in [5.74, 6) is -1.17. The van der Waals surface area contributed by atoms with E-state index < -0.39 is 29.3 Å². The van der Waals surface area contributed by atoms with Gasteiger partial charge in [-0.2, -0.15) is 0 Å². The molecule has 0 aromatic heterocycles. The molecule has 19 heavy (non-hydrogen) atoms. The predicted octanol–water partition coefficient (Wildman–Crippen LogP) is -1.39. The van der Waals surface area contributed by atoms with Crippen molar-refractivity contribution in [3.05, 3.63) is 0 Å². The van der Waals surface area contributed by atoms with Gasteiger partial charge in [-0.1, -0.05) is 6.92 Å². The number of ether oxygens (including phenoxy) is 1. The van der Waals surface area contributed by atoms with Gasteiger partial charge in [-0.25, -0.2) is 0 Å². The first-order valence-electron chi connectivity index (χ1n) is 6.38. The Labute approximate surface area is 111 Å². The lowest BCUT2D eigenvalue weighted by molar-refractivity contribution is -0.156. The van der Waals surface area contributed by atoms with Crippen molar-refractivity contribution in [3.63, 3.8) is 0 Å². The normalized spacial score (nSPS) is 35.4. The lowest BCUT2D eigenvalue weighted by Gasteiger charge is -2.39. The number of nitrogens with zero attached hydrogens (tertiary/aromatic N) is 1. The highest BCUT2D eigenvalue weighted by Gasteiger charge is 2.49. The van der Waals surface area contributed by atoms with E-state index in [-0.39, 0.29) is 19.1 Å². The SMILES string of the molecule is CCC1C(=O)NC(=O)CN1C(=O)C1(C)COCC1N. The summed E-state index contributed by atoms with van der Waals surface area (Å²) in [6.45, 7) is 3.94. The fourth-order valence-electron chi connectivity index (χ4n) is 2.52. The highest BCUT2D eigenvalue weighted by atomic mass is 16.5. The maximum atomic E-state index is 12.6. The Hall–Kier alpha value is -1.47. The van der Waals surface area contributed by atoms with E-state index in [0.29, 0.717) is 13.0 Å². The molecular formula is C12H19N3O4. The molecule has 0 radical (unpaired) electrons. The third kappa shape index (κ3) is 2.23. The molecule has 0 spiro atoms. The second-order valence-corrected chi connectivity index (χ2v) is 5.31. The molecule has 2 saturated heterocycles. The van der Waals surface area contributed by atoms with Gasteiger partial charge in [-0.3, -0.25) is 19.7 Å². The number of piperazine rings is 1. The van der Waals surface area contributed by atoms with Gasteiger partial charge in [0.1, 0.15) is 12.6 Å². The van der Waals surface area contributed by atoms with Gasteiger partial charge in [0.05, 0.1) is 18.6 Å². The van der Waals surface area contributed by atoms with Crippen LogP contribution in [0.4, 0.5) is 0 Å². The Morgan fingerprint density at radius 1 is 1.58 bits per heavy atom. The van der Waals surface area contributed by atoms with Crippen LogP contribution in [0.15, 0.2) is 0 Å². The van der Waals surface area contributed by atoms with Gasteiger partial charge < -0.3 is 15.4 Å². The lowest BCUT2D eigenvalue weighted by atomic mass is 9.83. The van der Waals surface area contributed by atoms with Gasteiger partial charge >= 0.3 is 0 Å². The molecule has 7 nitrogen and oxygen atoms in total. The van der Waals surface area contributed by atoms with Crippen molar-refractivity contribution in [1.29, 1.82) is 0 Å². The summed E-state index contributed by atoms with van der Waals surface area (Å²) < 4.78 is 5.25. The Morgan fingerprint density at radius 2 is 2.26 bits per heavy atom. The zero-order chi connectivity index (χ0) is 14.2. The van der Waals surface area contributed by atoms with Crippen molar-refractivity contribution >= 4 is 17.7 Å². The average Bonchev–Trinajstić information content (AvgIpc) is 2.69. The summed E-state index contributed by atoms with van der Waals surface area (Å²) in [5, 5.41) is 2.25. The van der Waals surface area contributed by atoms with Crippen LogP contribution in [-0.2, 0) is 19.1 Å². The molecule has 3 N–H and O–H groups in total. The van der Waals surface area contributed by atoms with Gasteiger partial charge in [0.2, 0.25) is 17.7 Å². The molecule has 0 aromatic carbocycles. The van der Waals surface area contributed by atoms with Gasteiger partial charge in [0, 0.05) is 6.04 Å². The van der Waals surface area contributed by atoms with Crippen molar-refractivity contribution in [1.82, 2.24) is 10.2 Å². The number of carbonyl (C=O) groups excluding carboxylic acids is 3. The second kappa shape index (κ2) is 4.90. The van der Waals surface area contributed by atoms with E-state index >= 15 is 0 Å². The third-order valence-electron chi connectivity index (χ3n) is 3.91. The molecule has 0 bridgehead atoms. The molecule has 3 atom stereocenters. The Bertz CT molecular complexity index is 425. The summed E-state index contributed by atoms with van der Waals surface area (Å²) in [7, 11) is 0. The molecule has 3 amide bonds. The average molecular weight is 269 g/mol. The molecule has 0 saturated carbocycles. The molecule has 2 aliphatic heterocycles. The van der Waals surface area contributed by atoms with Crippen molar-refractivity contribution in [3.8, 4) is 0 Å². The van der Waals surface area contributed by atoms with Gasteiger partial charge in [0.25, 0.3) is 0 Å². The number of rotatable bonds is 2. The summed E-state index contributed by atoms with van der Waals surface area (Å²) >= 11 is 0. The van der Waals surface area contributed by atoms with Crippen LogP contribution in [0.25, 0.3) is 0 Å². The monoisotopic (exact) mass is 269 g/mol. The van der Waals surface area contributed by atoms with E-state index in [0.717, 1.165) is 0 Å². The Morgan fingerprint density at radius 3 is 2.79 bits per heavy atom. The quantitative estimate of drug-likeness (QED) is 0.601. The first-order valence-corrected chi connectivity index (χ1v) is 6.38. The number of hydrogen-bond acceptors (Lipinski definition) is 5. The van der Waals surface area contributed by atoms with Crippen LogP contribution in [0.2, 0.25) is 0 Å². The minimum atomic E-state index is -0.870. The summed E-state index contributed by atoms with van der Waals surface area (Å²) in [6.07, 6.45) is 0.455. The largest absolute Gasteiger partial charge is 0.379 e. The predicted molar refractivity (Wildman–Crippen MR) is 65.8 cm³/mol. The highest BCUT2D eigenvalue weighted by Crippen LogP contribution is 2.31. The standard InChI is InChI=1S/C12H19N3O4/c1-3-7-10(17)14-9(16)4-15(7)11(18)12(2)6-19-5-8(12)13/h7-8H,3-6,13H2,1-2H3,(H,14,16,17). The summed E-state index contributed by atoms with van der Waals surface area (Å²) in [5.41, 5.74) is 5.05. The molecule has 2 heterocycles. The molecule has 3 unspecified atom stereocenters. The molecular weight excluding hydrogens is 250 g/mol. The number of nitrogens with two attached hydrogens (primary N) is 1. The van der Waals surface area contributed by atoms with E-state index in [4.69, 9.17) is 10.5 Å². The molecule has 2 aliphatic rings. The van der Waals surface area contributed by atoms with Crippen molar-refractivity contribution in [2.45, 2.75) is 32.4 Å². The highest BCUT2D eigenvalue weighted by molar-refractivity contribution is 6.05. The van der Waals surface area contributed by atoms with Crippen molar-refractivity contribution < 1.29 is 19.1 Å². The first kappa shape index (κ1) is 14.0. The number of imide groups is 1. The van der Waals surface area contributed by atoms with Crippen molar-refractivity contribution in [2.24, 2.45) is 11.1 Å². The number of carbonyl (C=O) groups is 3. The maximum absolute atomic E-state index is 12.6. The van der Waals surface area contributed by atoms with Crippen LogP contribution in [-0.4, -0.2) is 54.5 Å². The molecule has 0 aromatic rings. The van der Waals surface area contributed by atoms with Crippen LogP contribution in [0.1, 0.15) is 20.3 Å². The zero-order valence-electron chi connectivity index (χ0n) is 11.1. The fourth-order valence-corrected chi connectivity index (χ4v) is 2.52. The maximum Gasteiger partial charge on any atom is 0.249 e. The Balaban J connectivity index is 2.25. The van der Waals surface area contributed by atoms with E-state index in [1.54, 1.807) is 13.8 Å². The summed E-state index contributed by atoms with van der Waals surface area (Å²) in [6, 6.07) is -1.03. The molecule has 2 fully saturated rings. The number of nitrogens with one attached hydrogen (secondary N) is 1. The van der Waals surface area contributed by atoms with Crippen molar-refractivity contribution in [2.75, 3.05) is 19.8 Å². The fraction of sp³-hybridized carbons (Fsp3) is 0.750. The van der Waals surface area contributed by atoms with E-state index in [1.807, 2.05) is 0 Å². The number of hydrogen-bond donors (Lipinski definition) is 2. The second-order valence-electron chi connectivity index (χ2n) is 5.31. The van der Waals surface area contributed by atoms with Crippen LogP contribution in [0, 0.1) is 5.41 Å². The number of amides is 3.